The van der Waals surface area contributed by atoms with Gasteiger partial charge in [-0.05, 0) is 103 Å². The fraction of sp³-hybridized carbons (Fsp3) is 0.633. The molecule has 0 bridgehead atoms. The van der Waals surface area contributed by atoms with Crippen LogP contribution in [-0.4, -0.2) is 114 Å². The lowest BCUT2D eigenvalue weighted by Crippen LogP contribution is -2.64. The van der Waals surface area contributed by atoms with E-state index < -0.39 is 83.5 Å². The maximum atomic E-state index is 13.0. The van der Waals surface area contributed by atoms with Crippen molar-refractivity contribution < 1.29 is 82.0 Å². The highest BCUT2D eigenvalue weighted by Gasteiger charge is 2.54. The Morgan fingerprint density at radius 3 is 1.47 bits per heavy atom. The molecule has 9 atom stereocenters. The van der Waals surface area contributed by atoms with Crippen LogP contribution in [0.1, 0.15) is 136 Å². The number of phosphoric ester groups is 2. The number of rotatable bonds is 38. The minimum Gasteiger partial charge on any atom is -0.462 e. The summed E-state index contributed by atoms with van der Waals surface area (Å²) in [6.45, 7) is 2.47. The first kappa shape index (κ1) is 62.9. The van der Waals surface area contributed by atoms with E-state index in [-0.39, 0.29) is 18.9 Å². The van der Waals surface area contributed by atoms with E-state index in [1.807, 2.05) is 18.2 Å². The molecule has 0 aromatic heterocycles. The molecule has 1 rings (SSSR count). The largest absolute Gasteiger partial charge is 0.472 e. The second kappa shape index (κ2) is 38.6. The van der Waals surface area contributed by atoms with Crippen LogP contribution in [0.3, 0.4) is 0 Å². The summed E-state index contributed by atoms with van der Waals surface area (Å²) in [7, 11) is -10.7. The summed E-state index contributed by atoms with van der Waals surface area (Å²) in [5, 5.41) is 50.5. The van der Waals surface area contributed by atoms with Crippen molar-refractivity contribution in [3.8, 4) is 0 Å². The number of aliphatic hydroxyl groups is 5. The summed E-state index contributed by atoms with van der Waals surface area (Å²) >= 11 is 0. The number of carbonyl (C=O) groups excluding carboxylic acids is 2. The van der Waals surface area contributed by atoms with Crippen LogP contribution in [0.2, 0.25) is 0 Å². The highest BCUT2D eigenvalue weighted by Crippen LogP contribution is 2.49. The van der Waals surface area contributed by atoms with Gasteiger partial charge in [0.15, 0.2) is 6.10 Å². The van der Waals surface area contributed by atoms with Crippen molar-refractivity contribution >= 4 is 27.6 Å². The molecule has 1 aliphatic rings. The van der Waals surface area contributed by atoms with Crippen LogP contribution in [0.25, 0.3) is 0 Å². The first-order chi connectivity index (χ1) is 32.5. The van der Waals surface area contributed by atoms with Gasteiger partial charge >= 0.3 is 27.6 Å². The zero-order chi connectivity index (χ0) is 50.5. The first-order valence-electron chi connectivity index (χ1n) is 23.8. The van der Waals surface area contributed by atoms with Crippen molar-refractivity contribution in [2.24, 2.45) is 0 Å². The van der Waals surface area contributed by atoms with Gasteiger partial charge in [-0.1, -0.05) is 117 Å². The number of hydrogen-bond acceptors (Lipinski definition) is 14. The van der Waals surface area contributed by atoms with Gasteiger partial charge in [0.2, 0.25) is 0 Å². The predicted octanol–water partition coefficient (Wildman–Crippen LogP) is 8.14. The number of ether oxygens (including phenoxy) is 2. The van der Waals surface area contributed by atoms with Gasteiger partial charge in [0, 0.05) is 12.8 Å². The molecule has 1 fully saturated rings. The number of carbonyl (C=O) groups is 2. The molecule has 0 aliphatic heterocycles. The second-order valence-electron chi connectivity index (χ2n) is 16.4. The van der Waals surface area contributed by atoms with Crippen molar-refractivity contribution in [1.29, 1.82) is 0 Å². The minimum absolute atomic E-state index is 0.00797. The number of allylic oxidation sites excluding steroid dienone is 16. The highest BCUT2D eigenvalue weighted by atomic mass is 31.2. The molecule has 5 unspecified atom stereocenters. The Morgan fingerprint density at radius 1 is 0.529 bits per heavy atom. The molecule has 0 radical (unpaired) electrons. The van der Waals surface area contributed by atoms with Gasteiger partial charge in [-0.2, -0.15) is 0 Å². The molecule has 68 heavy (non-hydrogen) atoms. The number of unbranched alkanes of at least 4 members (excludes halogenated alkanes) is 6. The van der Waals surface area contributed by atoms with Crippen LogP contribution >= 0.6 is 15.6 Å². The summed E-state index contributed by atoms with van der Waals surface area (Å²) in [6.07, 6.45) is 32.1. The number of esters is 2. The average molecular weight is 1000 g/mol. The van der Waals surface area contributed by atoms with Crippen LogP contribution in [0.15, 0.2) is 97.2 Å². The van der Waals surface area contributed by atoms with E-state index in [0.717, 1.165) is 89.9 Å². The van der Waals surface area contributed by atoms with E-state index in [2.05, 4.69) is 90.4 Å². The third kappa shape index (κ3) is 33.4. The van der Waals surface area contributed by atoms with E-state index in [1.165, 1.54) is 0 Å². The van der Waals surface area contributed by atoms with Crippen molar-refractivity contribution in [2.45, 2.75) is 185 Å². The molecular formula is C49H80O17P2. The molecule has 19 heteroatoms. The fourth-order valence-corrected chi connectivity index (χ4v) is 8.04. The molecular weight excluding hydrogens is 922 g/mol. The van der Waals surface area contributed by atoms with Crippen LogP contribution in [0, 0.1) is 0 Å². The van der Waals surface area contributed by atoms with Gasteiger partial charge in [-0.3, -0.25) is 23.2 Å². The molecule has 388 valence electrons. The van der Waals surface area contributed by atoms with E-state index >= 15 is 0 Å². The summed E-state index contributed by atoms with van der Waals surface area (Å²) in [6, 6.07) is 0. The lowest BCUT2D eigenvalue weighted by Gasteiger charge is -2.43. The van der Waals surface area contributed by atoms with Gasteiger partial charge in [-0.15, -0.1) is 0 Å². The minimum atomic E-state index is -5.38. The monoisotopic (exact) mass is 1000 g/mol. The Bertz CT molecular complexity index is 1700. The van der Waals surface area contributed by atoms with Gasteiger partial charge < -0.3 is 49.7 Å². The summed E-state index contributed by atoms with van der Waals surface area (Å²) in [4.78, 5) is 54.3. The Morgan fingerprint density at radius 2 is 0.971 bits per heavy atom. The normalized spacial score (nSPS) is 22.6. The standard InChI is InChI=1S/C49H80O17P2/c1-3-4-5-6-7-8-9-10-11-12-15-19-22-25-28-31-34-37-43(52)64-41(39-63-68(60,61)66-49-46(55)44(53)45(54)48(47(49)56)65-67(57,58)59)38-62-42(51)36-33-30-27-24-21-18-16-13-14-17-20-23-26-29-32-35-40(2)50/h4-5,7-8,10-11,14-19,23-24,26-27,40-41,44-50,53-56H,3,6,9,12-13,20-22,25,28-39H2,1-2H3,(H,60,61)(H2,57,58,59)/b5-4-,8-7-,11-10-,17-14-,18-16-,19-15-,26-23-,27-24-/t40-,41-,44?,45?,46?,47?,48-,49+/m1/s1. The average Bonchev–Trinajstić information content (AvgIpc) is 3.28. The number of phosphoric acid groups is 2. The number of hydrogen-bond donors (Lipinski definition) is 8. The van der Waals surface area contributed by atoms with Crippen molar-refractivity contribution in [3.63, 3.8) is 0 Å². The fourth-order valence-electron chi connectivity index (χ4n) is 6.50. The molecule has 17 nitrogen and oxygen atoms in total. The van der Waals surface area contributed by atoms with Gasteiger partial charge in [-0.25, -0.2) is 9.13 Å². The summed E-state index contributed by atoms with van der Waals surface area (Å²) < 4.78 is 49.3. The molecule has 0 amide bonds. The topological polar surface area (TPSA) is 276 Å². The lowest BCUT2D eigenvalue weighted by atomic mass is 9.85. The Labute approximate surface area is 403 Å². The molecule has 0 spiro atoms. The molecule has 1 aliphatic carbocycles. The highest BCUT2D eigenvalue weighted by molar-refractivity contribution is 7.47. The van der Waals surface area contributed by atoms with Crippen molar-refractivity contribution in [2.75, 3.05) is 13.2 Å². The zero-order valence-electron chi connectivity index (χ0n) is 39.9. The molecule has 0 aromatic rings. The first-order valence-corrected chi connectivity index (χ1v) is 26.8. The van der Waals surface area contributed by atoms with Crippen LogP contribution in [0.5, 0.6) is 0 Å². The Balaban J connectivity index is 2.65. The molecule has 8 N–H and O–H groups in total. The van der Waals surface area contributed by atoms with Crippen LogP contribution in [0.4, 0.5) is 0 Å². The maximum absolute atomic E-state index is 13.0. The molecule has 0 aromatic carbocycles. The maximum Gasteiger partial charge on any atom is 0.472 e. The summed E-state index contributed by atoms with van der Waals surface area (Å²) in [5.41, 5.74) is 0. The van der Waals surface area contributed by atoms with Crippen LogP contribution < -0.4 is 0 Å². The second-order valence-corrected chi connectivity index (χ2v) is 19.0. The zero-order valence-corrected chi connectivity index (χ0v) is 41.6. The van der Waals surface area contributed by atoms with E-state index in [1.54, 1.807) is 6.92 Å². The predicted molar refractivity (Wildman–Crippen MR) is 261 cm³/mol. The third-order valence-corrected chi connectivity index (χ3v) is 11.7. The molecule has 1 saturated carbocycles. The van der Waals surface area contributed by atoms with Gasteiger partial charge in [0.05, 0.1) is 12.7 Å². The van der Waals surface area contributed by atoms with E-state index in [0.29, 0.717) is 19.3 Å². The quantitative estimate of drug-likeness (QED) is 0.0125. The van der Waals surface area contributed by atoms with Gasteiger partial charge in [0.1, 0.15) is 43.2 Å². The SMILES string of the molecule is CC/C=C\C/C=C\C/C=C\C/C=C\CCCCCCC(=O)O[C@H](COC(=O)CCC/C=C\C/C=C\C/C=C\C/C=C\CCC[C@@H](C)O)COP(=O)(O)O[C@H]1C(O)C(O)C(O)[C@@H](OP(=O)(O)O)C1O. The van der Waals surface area contributed by atoms with E-state index in [9.17, 15) is 58.9 Å². The smallest absolute Gasteiger partial charge is 0.462 e. The lowest BCUT2D eigenvalue weighted by molar-refractivity contribution is -0.216. The molecule has 0 heterocycles. The number of aliphatic hydroxyl groups excluding tert-OH is 5. The summed E-state index contributed by atoms with van der Waals surface area (Å²) in [5.74, 6) is -1.33. The third-order valence-electron chi connectivity index (χ3n) is 10.2. The Kier molecular flexibility index (Phi) is 35.7. The van der Waals surface area contributed by atoms with Crippen molar-refractivity contribution in [3.05, 3.63) is 97.2 Å². The van der Waals surface area contributed by atoms with Crippen LogP contribution in [-0.2, 0) is 41.8 Å². The van der Waals surface area contributed by atoms with Gasteiger partial charge in [0.25, 0.3) is 0 Å². The van der Waals surface area contributed by atoms with Crippen molar-refractivity contribution in [1.82, 2.24) is 0 Å². The molecule has 0 saturated heterocycles. The van der Waals surface area contributed by atoms with E-state index in [4.69, 9.17) is 18.5 Å². The Hall–Kier alpha value is -3.12.